The lowest BCUT2D eigenvalue weighted by atomic mass is 10.3. The number of carbonyl (C=O) groups excluding carboxylic acids is 1. The number of nitrogens with one attached hydrogen (secondary N) is 1. The number of anilines is 1. The van der Waals surface area contributed by atoms with E-state index < -0.39 is 6.09 Å². The smallest absolute Gasteiger partial charge is 0.418 e. The van der Waals surface area contributed by atoms with Crippen molar-refractivity contribution in [2.45, 2.75) is 6.92 Å². The minimum absolute atomic E-state index is 0.0150. The van der Waals surface area contributed by atoms with Crippen molar-refractivity contribution in [3.8, 4) is 0 Å². The Balaban J connectivity index is 2.68. The first-order valence-corrected chi connectivity index (χ1v) is 4.58. The Morgan fingerprint density at radius 2 is 2.06 bits per heavy atom. The second kappa shape index (κ2) is 3.65. The molecule has 0 saturated carbocycles. The van der Waals surface area contributed by atoms with Gasteiger partial charge in [-0.2, -0.15) is 0 Å². The molecule has 2 aromatic rings. The normalized spacial score (nSPS) is 10.3. The summed E-state index contributed by atoms with van der Waals surface area (Å²) in [5.41, 5.74) is 0.965. The van der Waals surface area contributed by atoms with Gasteiger partial charge in [0.2, 0.25) is 11.9 Å². The Bertz CT molecular complexity index is 574. The van der Waals surface area contributed by atoms with Crippen LogP contribution in [0.15, 0.2) is 24.3 Å². The van der Waals surface area contributed by atoms with E-state index in [9.17, 15) is 9.59 Å². The zero-order valence-electron chi connectivity index (χ0n) is 8.47. The predicted octanol–water partition coefficient (Wildman–Crippen LogP) is 1.52. The summed E-state index contributed by atoms with van der Waals surface area (Å²) in [6.07, 6.45) is -1.18. The van der Waals surface area contributed by atoms with Crippen molar-refractivity contribution in [3.63, 3.8) is 0 Å². The van der Waals surface area contributed by atoms with Gasteiger partial charge in [0.15, 0.2) is 0 Å². The number of imidazole rings is 1. The van der Waals surface area contributed by atoms with Gasteiger partial charge >= 0.3 is 6.09 Å². The largest absolute Gasteiger partial charge is 0.464 e. The first-order valence-electron chi connectivity index (χ1n) is 4.58. The SMILES string of the molecule is CC(=O)Nc1nc2ccccc2n1C(=O)O. The quantitative estimate of drug-likeness (QED) is 0.761. The number of carboxylic acid groups (broad SMARTS) is 1. The van der Waals surface area contributed by atoms with Crippen molar-refractivity contribution in [3.05, 3.63) is 24.3 Å². The van der Waals surface area contributed by atoms with Gasteiger partial charge in [0.1, 0.15) is 0 Å². The van der Waals surface area contributed by atoms with E-state index in [2.05, 4.69) is 10.3 Å². The van der Waals surface area contributed by atoms with E-state index in [4.69, 9.17) is 5.11 Å². The van der Waals surface area contributed by atoms with E-state index in [-0.39, 0.29) is 11.9 Å². The summed E-state index contributed by atoms with van der Waals surface area (Å²) < 4.78 is 0.941. The average molecular weight is 219 g/mol. The topological polar surface area (TPSA) is 84.2 Å². The molecule has 0 bridgehead atoms. The highest BCUT2D eigenvalue weighted by Crippen LogP contribution is 2.18. The van der Waals surface area contributed by atoms with Gasteiger partial charge in [-0.15, -0.1) is 0 Å². The van der Waals surface area contributed by atoms with Crippen LogP contribution in [-0.2, 0) is 4.79 Å². The van der Waals surface area contributed by atoms with E-state index >= 15 is 0 Å². The van der Waals surface area contributed by atoms with E-state index in [0.29, 0.717) is 11.0 Å². The van der Waals surface area contributed by atoms with Gasteiger partial charge in [-0.3, -0.25) is 10.1 Å². The van der Waals surface area contributed by atoms with Gasteiger partial charge in [0.05, 0.1) is 11.0 Å². The minimum Gasteiger partial charge on any atom is -0.464 e. The number of rotatable bonds is 1. The number of benzene rings is 1. The van der Waals surface area contributed by atoms with Gasteiger partial charge in [-0.05, 0) is 12.1 Å². The molecule has 0 fully saturated rings. The third-order valence-corrected chi connectivity index (χ3v) is 2.04. The first-order chi connectivity index (χ1) is 7.59. The van der Waals surface area contributed by atoms with Crippen LogP contribution in [0.2, 0.25) is 0 Å². The Morgan fingerprint density at radius 1 is 1.38 bits per heavy atom. The van der Waals surface area contributed by atoms with Crippen molar-refractivity contribution in [1.82, 2.24) is 9.55 Å². The van der Waals surface area contributed by atoms with Crippen molar-refractivity contribution in [1.29, 1.82) is 0 Å². The van der Waals surface area contributed by atoms with Crippen molar-refractivity contribution >= 4 is 29.0 Å². The summed E-state index contributed by atoms with van der Waals surface area (Å²) in [4.78, 5) is 26.0. The molecule has 0 unspecified atom stereocenters. The fraction of sp³-hybridized carbons (Fsp3) is 0.100. The monoisotopic (exact) mass is 219 g/mol. The Morgan fingerprint density at radius 3 is 2.69 bits per heavy atom. The predicted molar refractivity (Wildman–Crippen MR) is 57.5 cm³/mol. The van der Waals surface area contributed by atoms with Gasteiger partial charge in [0.25, 0.3) is 0 Å². The number of para-hydroxylation sites is 2. The number of aromatic nitrogens is 2. The van der Waals surface area contributed by atoms with Crippen molar-refractivity contribution in [2.24, 2.45) is 0 Å². The van der Waals surface area contributed by atoms with Gasteiger partial charge < -0.3 is 5.11 Å². The highest BCUT2D eigenvalue weighted by atomic mass is 16.4. The molecule has 0 aliphatic carbocycles. The molecule has 0 radical (unpaired) electrons. The molecule has 0 saturated heterocycles. The van der Waals surface area contributed by atoms with Crippen LogP contribution in [0.3, 0.4) is 0 Å². The molecular formula is C10H9N3O3. The summed E-state index contributed by atoms with van der Waals surface area (Å²) in [5, 5.41) is 11.4. The van der Waals surface area contributed by atoms with E-state index in [1.807, 2.05) is 0 Å². The molecule has 0 spiro atoms. The number of carbonyl (C=O) groups is 2. The molecule has 82 valence electrons. The fourth-order valence-corrected chi connectivity index (χ4v) is 1.46. The van der Waals surface area contributed by atoms with Gasteiger partial charge in [-0.25, -0.2) is 14.3 Å². The highest BCUT2D eigenvalue weighted by Gasteiger charge is 2.15. The van der Waals surface area contributed by atoms with Crippen LogP contribution < -0.4 is 5.32 Å². The van der Waals surface area contributed by atoms with Crippen LogP contribution in [-0.4, -0.2) is 26.7 Å². The maximum atomic E-state index is 11.1. The maximum Gasteiger partial charge on any atom is 0.418 e. The third kappa shape index (κ3) is 1.60. The molecule has 1 aromatic heterocycles. The molecule has 2 N–H and O–H groups in total. The number of hydrogen-bond acceptors (Lipinski definition) is 3. The van der Waals surface area contributed by atoms with Crippen LogP contribution in [0, 0.1) is 0 Å². The van der Waals surface area contributed by atoms with Crippen molar-refractivity contribution in [2.75, 3.05) is 5.32 Å². The average Bonchev–Trinajstić information content (AvgIpc) is 2.53. The maximum absolute atomic E-state index is 11.1. The summed E-state index contributed by atoms with van der Waals surface area (Å²) in [5.74, 6) is -0.348. The lowest BCUT2D eigenvalue weighted by molar-refractivity contribution is -0.114. The molecule has 16 heavy (non-hydrogen) atoms. The van der Waals surface area contributed by atoms with Crippen LogP contribution in [0.25, 0.3) is 11.0 Å². The Kier molecular flexibility index (Phi) is 2.32. The lowest BCUT2D eigenvalue weighted by Gasteiger charge is -2.02. The number of fused-ring (bicyclic) bond motifs is 1. The molecule has 0 atom stereocenters. The minimum atomic E-state index is -1.18. The number of hydrogen-bond donors (Lipinski definition) is 2. The van der Waals surface area contributed by atoms with E-state index in [1.54, 1.807) is 24.3 Å². The van der Waals surface area contributed by atoms with E-state index in [1.165, 1.54) is 6.92 Å². The van der Waals surface area contributed by atoms with Gasteiger partial charge in [-0.1, -0.05) is 12.1 Å². The molecule has 0 aliphatic rings. The van der Waals surface area contributed by atoms with Crippen LogP contribution in [0.1, 0.15) is 6.92 Å². The molecule has 2 rings (SSSR count). The van der Waals surface area contributed by atoms with Crippen LogP contribution in [0.5, 0.6) is 0 Å². The third-order valence-electron chi connectivity index (χ3n) is 2.04. The molecule has 6 heteroatoms. The zero-order chi connectivity index (χ0) is 11.7. The lowest BCUT2D eigenvalue weighted by Crippen LogP contribution is -2.16. The molecule has 1 heterocycles. The molecule has 0 aliphatic heterocycles. The number of amides is 1. The zero-order valence-corrected chi connectivity index (χ0v) is 8.47. The molecule has 6 nitrogen and oxygen atoms in total. The molecule has 1 aromatic carbocycles. The van der Waals surface area contributed by atoms with Crippen LogP contribution in [0.4, 0.5) is 10.7 Å². The summed E-state index contributed by atoms with van der Waals surface area (Å²) in [6, 6.07) is 6.77. The summed E-state index contributed by atoms with van der Waals surface area (Å²) in [6.45, 7) is 1.30. The van der Waals surface area contributed by atoms with E-state index in [0.717, 1.165) is 4.57 Å². The fourth-order valence-electron chi connectivity index (χ4n) is 1.46. The Hall–Kier alpha value is -2.37. The van der Waals surface area contributed by atoms with Crippen molar-refractivity contribution < 1.29 is 14.7 Å². The first kappa shape index (κ1) is 10.2. The Labute approximate surface area is 90.5 Å². The summed E-state index contributed by atoms with van der Waals surface area (Å²) >= 11 is 0. The second-order valence-electron chi connectivity index (χ2n) is 3.22. The summed E-state index contributed by atoms with van der Waals surface area (Å²) in [7, 11) is 0. The highest BCUT2D eigenvalue weighted by molar-refractivity contribution is 5.95. The van der Waals surface area contributed by atoms with Gasteiger partial charge in [0, 0.05) is 6.92 Å². The molecule has 1 amide bonds. The number of nitrogens with zero attached hydrogens (tertiary/aromatic N) is 2. The van der Waals surface area contributed by atoms with Crippen LogP contribution >= 0.6 is 0 Å². The molecular weight excluding hydrogens is 210 g/mol. The standard InChI is InChI=1S/C10H9N3O3/c1-6(14)11-9-12-7-4-2-3-5-8(7)13(9)10(15)16/h2-5H,1H3,(H,15,16)(H,11,12,14). The second-order valence-corrected chi connectivity index (χ2v) is 3.22.